The van der Waals surface area contributed by atoms with E-state index in [-0.39, 0.29) is 30.8 Å². The number of aromatic amines is 2. The number of methoxy groups -OCH3 is 1. The number of thiazole rings is 2. The summed E-state index contributed by atoms with van der Waals surface area (Å²) in [6.45, 7) is 13.4. The highest BCUT2D eigenvalue weighted by Crippen LogP contribution is 2.34. The Morgan fingerprint density at radius 2 is 1.33 bits per heavy atom. The number of rotatable bonds is 6. The molecule has 49 heavy (non-hydrogen) atoms. The van der Waals surface area contributed by atoms with Crippen molar-refractivity contribution in [1.29, 1.82) is 0 Å². The molecule has 0 atom stereocenters. The van der Waals surface area contributed by atoms with Crippen LogP contribution in [0.3, 0.4) is 0 Å². The first-order chi connectivity index (χ1) is 23.7. The summed E-state index contributed by atoms with van der Waals surface area (Å²) in [6.07, 6.45) is 13.1. The van der Waals surface area contributed by atoms with Gasteiger partial charge in [0.15, 0.2) is 20.5 Å². The van der Waals surface area contributed by atoms with Gasteiger partial charge in [0, 0.05) is 45.5 Å². The molecule has 0 aliphatic carbocycles. The fraction of sp³-hybridized carbons (Fsp3) is 0.562. The van der Waals surface area contributed by atoms with Gasteiger partial charge >= 0.3 is 6.09 Å². The highest BCUT2D eigenvalue weighted by molar-refractivity contribution is 7.29. The summed E-state index contributed by atoms with van der Waals surface area (Å²) in [5.41, 5.74) is 0.921. The molecule has 4 aromatic rings. The van der Waals surface area contributed by atoms with E-state index < -0.39 is 6.09 Å². The van der Waals surface area contributed by atoms with E-state index in [1.54, 1.807) is 46.1 Å². The summed E-state index contributed by atoms with van der Waals surface area (Å²) in [5.74, 6) is 0.626. The Balaban J connectivity index is 0.000000242. The maximum atomic E-state index is 11.3. The molecular weight excluding hydrogens is 669 g/mol. The molecule has 6 heterocycles. The fourth-order valence-electron chi connectivity index (χ4n) is 4.19. The van der Waals surface area contributed by atoms with Gasteiger partial charge in [-0.25, -0.2) is 24.7 Å². The van der Waals surface area contributed by atoms with Gasteiger partial charge in [0.25, 0.3) is 0 Å². The number of nitrogens with one attached hydrogen (secondary N) is 4. The molecule has 4 aromatic heterocycles. The number of carbonyl (C=O) groups is 4. The van der Waals surface area contributed by atoms with Crippen LogP contribution in [0.1, 0.15) is 73.1 Å². The van der Waals surface area contributed by atoms with Gasteiger partial charge in [-0.05, 0) is 25.7 Å². The first-order valence-corrected chi connectivity index (χ1v) is 18.2. The van der Waals surface area contributed by atoms with E-state index in [9.17, 15) is 19.2 Å². The Kier molecular flexibility index (Phi) is 19.2. The first kappa shape index (κ1) is 40.8. The van der Waals surface area contributed by atoms with E-state index >= 15 is 0 Å². The number of fused-ring (bicyclic) bond motifs is 1. The van der Waals surface area contributed by atoms with Gasteiger partial charge in [0.2, 0.25) is 17.7 Å². The second kappa shape index (κ2) is 23.1. The number of carbonyl (C=O) groups excluding carboxylic acids is 4. The minimum Gasteiger partial charge on any atom is -0.453 e. The standard InChI is InChI=1S/C10H6N6S2.C8H14N2O3.C8H14N2O2.2C3H8/c1-2-13-6(12-1)8-16-10-9(18-8)15-7(17-10)5-3-11-4-14-5;1-13-8(12)9-6-7(11)10-4-2-3-5-10;1-7(11)9-6-8(12)10-4-2-3-5-10;2*1-3-2/h1-4H,(H,11,14)(H,12,13);2-6H2,1H3,(H,9,12);2-6H2,1H3,(H,9,11);2*3H2,1-2H3. The molecule has 6 rings (SSSR count). The lowest BCUT2D eigenvalue weighted by Gasteiger charge is -2.14. The quantitative estimate of drug-likeness (QED) is 0.211. The number of hydrogen-bond acceptors (Lipinski definition) is 11. The number of nitrogens with zero attached hydrogens (tertiary/aromatic N) is 6. The summed E-state index contributed by atoms with van der Waals surface area (Å²) in [6, 6.07) is 0. The number of alkyl carbamates (subject to hydrolysis) is 1. The molecule has 4 N–H and O–H groups in total. The van der Waals surface area contributed by atoms with Crippen LogP contribution in [-0.2, 0) is 19.1 Å². The van der Waals surface area contributed by atoms with Crippen LogP contribution in [0, 0.1) is 0 Å². The highest BCUT2D eigenvalue weighted by atomic mass is 32.1. The van der Waals surface area contributed by atoms with E-state index in [2.05, 4.69) is 73.0 Å². The lowest BCUT2D eigenvalue weighted by atomic mass is 10.4. The molecule has 0 aromatic carbocycles. The van der Waals surface area contributed by atoms with Crippen molar-refractivity contribution in [2.45, 2.75) is 73.1 Å². The molecule has 4 amide bonds. The third-order valence-corrected chi connectivity index (χ3v) is 8.45. The summed E-state index contributed by atoms with van der Waals surface area (Å²) < 4.78 is 4.34. The van der Waals surface area contributed by atoms with Crippen LogP contribution in [0.15, 0.2) is 24.9 Å². The summed E-state index contributed by atoms with van der Waals surface area (Å²) in [4.78, 5) is 72.4. The van der Waals surface area contributed by atoms with Crippen LogP contribution < -0.4 is 10.6 Å². The van der Waals surface area contributed by atoms with E-state index in [0.29, 0.717) is 0 Å². The van der Waals surface area contributed by atoms with Gasteiger partial charge in [-0.1, -0.05) is 63.2 Å². The van der Waals surface area contributed by atoms with Gasteiger partial charge in [-0.3, -0.25) is 14.4 Å². The van der Waals surface area contributed by atoms with Crippen LogP contribution in [0.25, 0.3) is 31.2 Å². The molecule has 0 bridgehead atoms. The molecule has 270 valence electrons. The van der Waals surface area contributed by atoms with Crippen LogP contribution in [-0.4, -0.2) is 110 Å². The molecule has 0 saturated carbocycles. The lowest BCUT2D eigenvalue weighted by molar-refractivity contribution is -0.131. The van der Waals surface area contributed by atoms with Gasteiger partial charge in [0.05, 0.1) is 31.9 Å². The molecule has 2 aliphatic heterocycles. The first-order valence-electron chi connectivity index (χ1n) is 16.5. The molecule has 15 nitrogen and oxygen atoms in total. The third kappa shape index (κ3) is 14.7. The Bertz CT molecular complexity index is 1410. The van der Waals surface area contributed by atoms with E-state index in [0.717, 1.165) is 83.1 Å². The van der Waals surface area contributed by atoms with Gasteiger partial charge < -0.3 is 35.1 Å². The second-order valence-electron chi connectivity index (χ2n) is 10.9. The van der Waals surface area contributed by atoms with Crippen molar-refractivity contribution in [2.24, 2.45) is 0 Å². The number of amides is 4. The maximum absolute atomic E-state index is 11.3. The zero-order valence-corrected chi connectivity index (χ0v) is 31.0. The normalized spacial score (nSPS) is 13.0. The van der Waals surface area contributed by atoms with Crippen LogP contribution in [0.4, 0.5) is 4.79 Å². The largest absolute Gasteiger partial charge is 0.453 e. The third-order valence-electron chi connectivity index (χ3n) is 6.38. The Morgan fingerprint density at radius 3 is 1.78 bits per heavy atom. The summed E-state index contributed by atoms with van der Waals surface area (Å²) >= 11 is 3.08. The van der Waals surface area contributed by atoms with E-state index in [1.165, 1.54) is 38.2 Å². The zero-order valence-electron chi connectivity index (χ0n) is 29.3. The fourth-order valence-corrected chi connectivity index (χ4v) is 6.17. The maximum Gasteiger partial charge on any atom is 0.407 e. The zero-order chi connectivity index (χ0) is 36.0. The van der Waals surface area contributed by atoms with Crippen molar-refractivity contribution in [3.8, 4) is 21.5 Å². The van der Waals surface area contributed by atoms with Crippen molar-refractivity contribution in [3.63, 3.8) is 0 Å². The summed E-state index contributed by atoms with van der Waals surface area (Å²) in [5, 5.41) is 6.62. The predicted molar refractivity (Wildman–Crippen MR) is 193 cm³/mol. The molecule has 2 aliphatic rings. The van der Waals surface area contributed by atoms with E-state index in [4.69, 9.17) is 0 Å². The van der Waals surface area contributed by atoms with Gasteiger partial charge in [0.1, 0.15) is 11.6 Å². The van der Waals surface area contributed by atoms with Crippen molar-refractivity contribution >= 4 is 56.1 Å². The molecule has 2 saturated heterocycles. The van der Waals surface area contributed by atoms with Crippen molar-refractivity contribution in [2.75, 3.05) is 46.4 Å². The lowest BCUT2D eigenvalue weighted by Crippen LogP contribution is -2.38. The van der Waals surface area contributed by atoms with Crippen molar-refractivity contribution < 1.29 is 23.9 Å². The van der Waals surface area contributed by atoms with Crippen LogP contribution in [0.2, 0.25) is 0 Å². The highest BCUT2D eigenvalue weighted by Gasteiger charge is 2.19. The number of likely N-dealkylation sites (tertiary alicyclic amines) is 2. The number of imidazole rings is 2. The second-order valence-corrected chi connectivity index (χ2v) is 12.9. The molecule has 2 fully saturated rings. The average Bonchev–Trinajstić information content (AvgIpc) is 3.93. The molecule has 0 radical (unpaired) electrons. The SMILES string of the molecule is CC(=O)NCC(=O)N1CCCC1.CCC.CCC.COC(=O)NCC(=O)N1CCCC1.c1c[nH]c(-c2nc3sc(-c4cnc[nH]4)nc3s2)n1. The number of H-pyrrole nitrogens is 2. The molecule has 0 unspecified atom stereocenters. The van der Waals surface area contributed by atoms with E-state index in [1.807, 2.05) is 0 Å². The monoisotopic (exact) mass is 718 g/mol. The van der Waals surface area contributed by atoms with Crippen molar-refractivity contribution in [3.05, 3.63) is 24.9 Å². The number of hydrogen-bond donors (Lipinski definition) is 4. The topological polar surface area (TPSA) is 191 Å². The summed E-state index contributed by atoms with van der Waals surface area (Å²) in [7, 11) is 1.27. The van der Waals surface area contributed by atoms with Crippen LogP contribution in [0.5, 0.6) is 0 Å². The number of ether oxygens (including phenoxy) is 1. The average molecular weight is 719 g/mol. The Hall–Kier alpha value is -4.38. The molecular formula is C32H50N10O5S2. The minimum atomic E-state index is -0.562. The Morgan fingerprint density at radius 1 is 0.816 bits per heavy atom. The van der Waals surface area contributed by atoms with Gasteiger partial charge in [-0.2, -0.15) is 0 Å². The predicted octanol–water partition coefficient (Wildman–Crippen LogP) is 5.08. The Labute approximate surface area is 295 Å². The minimum absolute atomic E-state index is 0.0303. The number of aromatic nitrogens is 6. The van der Waals surface area contributed by atoms with Crippen LogP contribution >= 0.6 is 22.7 Å². The van der Waals surface area contributed by atoms with Crippen molar-refractivity contribution in [1.82, 2.24) is 50.3 Å². The van der Waals surface area contributed by atoms with Gasteiger partial charge in [-0.15, -0.1) is 0 Å². The smallest absolute Gasteiger partial charge is 0.407 e. The molecule has 0 spiro atoms. The molecule has 17 heteroatoms.